The maximum absolute atomic E-state index is 11.8. The number of ketones is 2. The summed E-state index contributed by atoms with van der Waals surface area (Å²) in [7, 11) is 2.97. The van der Waals surface area contributed by atoms with Gasteiger partial charge in [-0.05, 0) is 12.2 Å². The van der Waals surface area contributed by atoms with Crippen LogP contribution in [0.5, 0.6) is 0 Å². The lowest BCUT2D eigenvalue weighted by molar-refractivity contribution is -0.106. The molecule has 4 nitrogen and oxygen atoms in total. The van der Waals surface area contributed by atoms with Crippen molar-refractivity contribution in [1.82, 2.24) is 0 Å². The van der Waals surface area contributed by atoms with E-state index in [0.29, 0.717) is 16.7 Å². The van der Waals surface area contributed by atoms with Crippen molar-refractivity contribution in [1.29, 1.82) is 0 Å². The highest BCUT2D eigenvalue weighted by atomic mass is 16.7. The molecule has 1 aliphatic rings. The summed E-state index contributed by atoms with van der Waals surface area (Å²) in [4.78, 5) is 23.5. The van der Waals surface area contributed by atoms with Crippen LogP contribution in [0.1, 0.15) is 32.6 Å². The first-order valence-corrected chi connectivity index (χ1v) is 5.14. The smallest absolute Gasteiger partial charge is 0.187 e. The van der Waals surface area contributed by atoms with Crippen LogP contribution in [0.4, 0.5) is 0 Å². The first-order chi connectivity index (χ1) is 8.19. The van der Waals surface area contributed by atoms with Crippen LogP contribution in [-0.4, -0.2) is 25.8 Å². The SMILES string of the molecule is COC(OC)c1cccc2c1C(=O)C=CC2=O. The number of ether oxygens (including phenoxy) is 2. The zero-order chi connectivity index (χ0) is 12.4. The molecule has 0 bridgehead atoms. The Morgan fingerprint density at radius 1 is 1.00 bits per heavy atom. The molecule has 0 saturated carbocycles. The number of benzene rings is 1. The van der Waals surface area contributed by atoms with E-state index < -0.39 is 6.29 Å². The van der Waals surface area contributed by atoms with Crippen molar-refractivity contribution in [3.8, 4) is 0 Å². The molecule has 4 heteroatoms. The van der Waals surface area contributed by atoms with Crippen molar-refractivity contribution >= 4 is 11.6 Å². The summed E-state index contributed by atoms with van der Waals surface area (Å²) in [5.41, 5.74) is 1.35. The van der Waals surface area contributed by atoms with Gasteiger partial charge in [-0.1, -0.05) is 18.2 Å². The monoisotopic (exact) mass is 232 g/mol. The number of carbonyl (C=O) groups is 2. The molecule has 0 radical (unpaired) electrons. The number of hydrogen-bond acceptors (Lipinski definition) is 4. The predicted molar refractivity (Wildman–Crippen MR) is 61.0 cm³/mol. The molecule has 88 valence electrons. The number of methoxy groups -OCH3 is 2. The highest BCUT2D eigenvalue weighted by Gasteiger charge is 2.25. The fourth-order valence-corrected chi connectivity index (χ4v) is 1.92. The lowest BCUT2D eigenvalue weighted by atomic mass is 9.90. The second-order valence-electron chi connectivity index (χ2n) is 3.63. The number of allylic oxidation sites excluding steroid dienone is 2. The Bertz CT molecular complexity index is 498. The Kier molecular flexibility index (Phi) is 3.17. The zero-order valence-corrected chi connectivity index (χ0v) is 9.60. The van der Waals surface area contributed by atoms with Gasteiger partial charge in [-0.2, -0.15) is 0 Å². The van der Waals surface area contributed by atoms with Gasteiger partial charge in [0.15, 0.2) is 17.9 Å². The molecule has 0 heterocycles. The minimum absolute atomic E-state index is 0.174. The van der Waals surface area contributed by atoms with E-state index in [1.54, 1.807) is 18.2 Å². The summed E-state index contributed by atoms with van der Waals surface area (Å²) in [6.45, 7) is 0. The maximum Gasteiger partial charge on any atom is 0.187 e. The molecule has 0 atom stereocenters. The third-order valence-corrected chi connectivity index (χ3v) is 2.68. The Balaban J connectivity index is 2.61. The Labute approximate surface area is 98.8 Å². The van der Waals surface area contributed by atoms with Crippen molar-refractivity contribution in [2.75, 3.05) is 14.2 Å². The van der Waals surface area contributed by atoms with Gasteiger partial charge in [0, 0.05) is 30.9 Å². The molecule has 1 aromatic carbocycles. The minimum Gasteiger partial charge on any atom is -0.352 e. The molecule has 0 spiro atoms. The predicted octanol–water partition coefficient (Wildman–Crippen LogP) is 1.91. The summed E-state index contributed by atoms with van der Waals surface area (Å²) in [6.07, 6.45) is 1.91. The molecule has 0 amide bonds. The summed E-state index contributed by atoms with van der Waals surface area (Å²) < 4.78 is 10.3. The maximum atomic E-state index is 11.8. The molecule has 0 aliphatic heterocycles. The van der Waals surface area contributed by atoms with Gasteiger partial charge in [-0.15, -0.1) is 0 Å². The van der Waals surface area contributed by atoms with Crippen molar-refractivity contribution in [3.05, 3.63) is 47.0 Å². The third-order valence-electron chi connectivity index (χ3n) is 2.68. The van der Waals surface area contributed by atoms with Gasteiger partial charge in [0.2, 0.25) is 0 Å². The highest BCUT2D eigenvalue weighted by Crippen LogP contribution is 2.27. The number of rotatable bonds is 3. The normalized spacial score (nSPS) is 14.3. The van der Waals surface area contributed by atoms with E-state index >= 15 is 0 Å². The minimum atomic E-state index is -0.645. The molecular weight excluding hydrogens is 220 g/mol. The van der Waals surface area contributed by atoms with Crippen LogP contribution >= 0.6 is 0 Å². The topological polar surface area (TPSA) is 52.6 Å². The molecular formula is C13H12O4. The van der Waals surface area contributed by atoms with Crippen LogP contribution in [0.2, 0.25) is 0 Å². The van der Waals surface area contributed by atoms with Crippen molar-refractivity contribution in [2.45, 2.75) is 6.29 Å². The van der Waals surface area contributed by atoms with E-state index in [4.69, 9.17) is 9.47 Å². The lowest BCUT2D eigenvalue weighted by Crippen LogP contribution is -2.17. The van der Waals surface area contributed by atoms with Crippen LogP contribution in [0.3, 0.4) is 0 Å². The Hall–Kier alpha value is -1.78. The van der Waals surface area contributed by atoms with Crippen LogP contribution < -0.4 is 0 Å². The average Bonchev–Trinajstić information content (AvgIpc) is 2.35. The van der Waals surface area contributed by atoms with Crippen LogP contribution in [0.25, 0.3) is 0 Å². The van der Waals surface area contributed by atoms with Crippen molar-refractivity contribution < 1.29 is 19.1 Å². The first-order valence-electron chi connectivity index (χ1n) is 5.14. The fourth-order valence-electron chi connectivity index (χ4n) is 1.92. The second kappa shape index (κ2) is 4.61. The fraction of sp³-hybridized carbons (Fsp3) is 0.231. The summed E-state index contributed by atoms with van der Waals surface area (Å²) in [6, 6.07) is 5.06. The van der Waals surface area contributed by atoms with Crippen LogP contribution in [0, 0.1) is 0 Å². The van der Waals surface area contributed by atoms with E-state index in [-0.39, 0.29) is 11.6 Å². The standard InChI is InChI=1S/C13H12O4/c1-16-13(17-2)9-5-3-4-8-10(14)6-7-11(15)12(8)9/h3-7,13H,1-2H3. The van der Waals surface area contributed by atoms with Crippen LogP contribution in [0.15, 0.2) is 30.4 Å². The van der Waals surface area contributed by atoms with Gasteiger partial charge in [0.05, 0.1) is 0 Å². The van der Waals surface area contributed by atoms with E-state index in [2.05, 4.69) is 0 Å². The Morgan fingerprint density at radius 2 is 1.65 bits per heavy atom. The quantitative estimate of drug-likeness (QED) is 0.747. The second-order valence-corrected chi connectivity index (χ2v) is 3.63. The Morgan fingerprint density at radius 3 is 2.29 bits per heavy atom. The molecule has 17 heavy (non-hydrogen) atoms. The molecule has 0 fully saturated rings. The molecule has 2 rings (SSSR count). The largest absolute Gasteiger partial charge is 0.352 e. The van der Waals surface area contributed by atoms with Gasteiger partial charge in [0.1, 0.15) is 0 Å². The van der Waals surface area contributed by atoms with Gasteiger partial charge >= 0.3 is 0 Å². The van der Waals surface area contributed by atoms with Gasteiger partial charge in [-0.25, -0.2) is 0 Å². The number of hydrogen-bond donors (Lipinski definition) is 0. The molecule has 1 aromatic rings. The highest BCUT2D eigenvalue weighted by molar-refractivity contribution is 6.22. The summed E-state index contributed by atoms with van der Waals surface area (Å²) >= 11 is 0. The number of fused-ring (bicyclic) bond motifs is 1. The first kappa shape index (κ1) is 11.7. The van der Waals surface area contributed by atoms with Crippen LogP contribution in [-0.2, 0) is 9.47 Å². The van der Waals surface area contributed by atoms with E-state index in [0.717, 1.165) is 0 Å². The van der Waals surface area contributed by atoms with E-state index in [1.807, 2.05) is 0 Å². The molecule has 1 aliphatic carbocycles. The molecule has 0 aromatic heterocycles. The van der Waals surface area contributed by atoms with E-state index in [1.165, 1.54) is 26.4 Å². The van der Waals surface area contributed by atoms with Crippen molar-refractivity contribution in [3.63, 3.8) is 0 Å². The summed E-state index contributed by atoms with van der Waals surface area (Å²) in [5, 5.41) is 0. The molecule has 0 N–H and O–H groups in total. The molecule has 0 saturated heterocycles. The average molecular weight is 232 g/mol. The third kappa shape index (κ3) is 1.92. The van der Waals surface area contributed by atoms with E-state index in [9.17, 15) is 9.59 Å². The molecule has 0 unspecified atom stereocenters. The van der Waals surface area contributed by atoms with Gasteiger partial charge in [-0.3, -0.25) is 9.59 Å². The lowest BCUT2D eigenvalue weighted by Gasteiger charge is -2.19. The summed E-state index contributed by atoms with van der Waals surface area (Å²) in [5.74, 6) is -0.373. The zero-order valence-electron chi connectivity index (χ0n) is 9.60. The van der Waals surface area contributed by atoms with Crippen molar-refractivity contribution in [2.24, 2.45) is 0 Å². The van der Waals surface area contributed by atoms with Gasteiger partial charge < -0.3 is 9.47 Å². The van der Waals surface area contributed by atoms with Gasteiger partial charge in [0.25, 0.3) is 0 Å². The number of carbonyl (C=O) groups excluding carboxylic acids is 2.